The summed E-state index contributed by atoms with van der Waals surface area (Å²) in [5.41, 5.74) is 5.23. The van der Waals surface area contributed by atoms with Crippen LogP contribution >= 0.6 is 11.8 Å². The van der Waals surface area contributed by atoms with E-state index in [0.717, 1.165) is 23.0 Å². The minimum atomic E-state index is -0.605. The number of aromatic nitrogens is 3. The normalized spacial score (nSPS) is 11.2. The number of hydrogen-bond acceptors (Lipinski definition) is 8. The van der Waals surface area contributed by atoms with Gasteiger partial charge in [-0.2, -0.15) is 5.10 Å². The Morgan fingerprint density at radius 1 is 0.909 bits per heavy atom. The molecule has 9 heteroatoms. The van der Waals surface area contributed by atoms with Gasteiger partial charge in [0.1, 0.15) is 5.75 Å². The number of hydrogen-bond donors (Lipinski definition) is 1. The predicted octanol–water partition coefficient (Wildman–Crippen LogP) is 4.63. The van der Waals surface area contributed by atoms with Crippen LogP contribution < -0.4 is 10.2 Å². The molecular weight excluding hydrogens is 438 g/mol. The van der Waals surface area contributed by atoms with Crippen LogP contribution in [0.2, 0.25) is 0 Å². The van der Waals surface area contributed by atoms with E-state index in [4.69, 9.17) is 9.47 Å². The molecule has 3 aromatic carbocycles. The summed E-state index contributed by atoms with van der Waals surface area (Å²) < 4.78 is 12.2. The van der Waals surface area contributed by atoms with E-state index in [1.54, 1.807) is 19.2 Å². The summed E-state index contributed by atoms with van der Waals surface area (Å²) >= 11 is 1.05. The van der Waals surface area contributed by atoms with Crippen molar-refractivity contribution in [2.24, 2.45) is 5.10 Å². The van der Waals surface area contributed by atoms with E-state index >= 15 is 0 Å². The third-order valence-electron chi connectivity index (χ3n) is 4.61. The van der Waals surface area contributed by atoms with Crippen LogP contribution in [0.3, 0.4) is 0 Å². The van der Waals surface area contributed by atoms with Gasteiger partial charge in [0.05, 0.1) is 19.9 Å². The molecule has 0 amide bonds. The minimum absolute atomic E-state index is 0.0626. The number of rotatable bonds is 6. The minimum Gasteiger partial charge on any atom is -0.495 e. The van der Waals surface area contributed by atoms with E-state index in [1.807, 2.05) is 77.4 Å². The first-order chi connectivity index (χ1) is 16.2. The second-order valence-electron chi connectivity index (χ2n) is 6.67. The summed E-state index contributed by atoms with van der Waals surface area (Å²) in [5.74, 6) is 0.631. The lowest BCUT2D eigenvalue weighted by molar-refractivity contribution is -0.132. The lowest BCUT2D eigenvalue weighted by Gasteiger charge is -2.11. The SMILES string of the molecule is COC(=O)/C(=N\Nc1ccccc1OC)Sc1nnc(-c2ccccc2)n1-c1ccccc1. The summed E-state index contributed by atoms with van der Waals surface area (Å²) in [7, 11) is 2.87. The number of carbonyl (C=O) groups excluding carboxylic acids is 1. The number of anilines is 1. The Balaban J connectivity index is 1.74. The Morgan fingerprint density at radius 3 is 2.27 bits per heavy atom. The smallest absolute Gasteiger partial charge is 0.365 e. The largest absolute Gasteiger partial charge is 0.495 e. The summed E-state index contributed by atoms with van der Waals surface area (Å²) in [6, 6.07) is 26.7. The molecule has 0 atom stereocenters. The number of thioether (sulfide) groups is 1. The zero-order valence-corrected chi connectivity index (χ0v) is 18.8. The highest BCUT2D eigenvalue weighted by atomic mass is 32.2. The van der Waals surface area contributed by atoms with Crippen LogP contribution in [-0.2, 0) is 9.53 Å². The molecule has 0 radical (unpaired) electrons. The average Bonchev–Trinajstić information content (AvgIpc) is 3.30. The molecule has 1 N–H and O–H groups in total. The van der Waals surface area contributed by atoms with Crippen molar-refractivity contribution in [1.82, 2.24) is 14.8 Å². The van der Waals surface area contributed by atoms with E-state index in [2.05, 4.69) is 20.7 Å². The summed E-state index contributed by atoms with van der Waals surface area (Å²) in [6.07, 6.45) is 0. The number of esters is 1. The molecule has 1 heterocycles. The number of hydrazone groups is 1. The zero-order chi connectivity index (χ0) is 23.0. The first-order valence-electron chi connectivity index (χ1n) is 10.0. The first-order valence-corrected chi connectivity index (χ1v) is 10.8. The number of para-hydroxylation sites is 3. The summed E-state index contributed by atoms with van der Waals surface area (Å²) in [6.45, 7) is 0. The number of benzene rings is 3. The van der Waals surface area contributed by atoms with Gasteiger partial charge in [-0.05, 0) is 36.0 Å². The van der Waals surface area contributed by atoms with Gasteiger partial charge in [0.25, 0.3) is 0 Å². The fourth-order valence-corrected chi connectivity index (χ4v) is 3.85. The van der Waals surface area contributed by atoms with Crippen molar-refractivity contribution >= 4 is 28.5 Å². The molecule has 166 valence electrons. The molecule has 8 nitrogen and oxygen atoms in total. The molecule has 0 unspecified atom stereocenters. The van der Waals surface area contributed by atoms with E-state index < -0.39 is 5.97 Å². The van der Waals surface area contributed by atoms with E-state index in [-0.39, 0.29) is 5.04 Å². The van der Waals surface area contributed by atoms with Crippen LogP contribution in [0.25, 0.3) is 17.1 Å². The molecule has 0 saturated carbocycles. The highest BCUT2D eigenvalue weighted by molar-refractivity contribution is 8.15. The van der Waals surface area contributed by atoms with E-state index in [9.17, 15) is 4.79 Å². The van der Waals surface area contributed by atoms with Gasteiger partial charge in [0, 0.05) is 11.3 Å². The van der Waals surface area contributed by atoms with Crippen molar-refractivity contribution in [1.29, 1.82) is 0 Å². The Labute approximate surface area is 195 Å². The van der Waals surface area contributed by atoms with Crippen LogP contribution in [0.1, 0.15) is 0 Å². The maximum atomic E-state index is 12.5. The van der Waals surface area contributed by atoms with Gasteiger partial charge in [-0.1, -0.05) is 60.7 Å². The van der Waals surface area contributed by atoms with Crippen LogP contribution in [0.5, 0.6) is 5.75 Å². The zero-order valence-electron chi connectivity index (χ0n) is 18.0. The van der Waals surface area contributed by atoms with Crippen molar-refractivity contribution in [3.05, 3.63) is 84.9 Å². The molecule has 0 bridgehead atoms. The number of methoxy groups -OCH3 is 2. The van der Waals surface area contributed by atoms with Crippen molar-refractivity contribution in [2.45, 2.75) is 5.16 Å². The molecule has 1 aromatic heterocycles. The molecule has 0 spiro atoms. The average molecular weight is 460 g/mol. The molecule has 33 heavy (non-hydrogen) atoms. The third-order valence-corrected chi connectivity index (χ3v) is 5.51. The summed E-state index contributed by atoms with van der Waals surface area (Å²) in [4.78, 5) is 12.5. The van der Waals surface area contributed by atoms with Crippen molar-refractivity contribution in [3.63, 3.8) is 0 Å². The van der Waals surface area contributed by atoms with Gasteiger partial charge in [0.2, 0.25) is 10.2 Å². The summed E-state index contributed by atoms with van der Waals surface area (Å²) in [5, 5.41) is 13.5. The van der Waals surface area contributed by atoms with Gasteiger partial charge in [-0.15, -0.1) is 10.2 Å². The third kappa shape index (κ3) is 5.04. The maximum absolute atomic E-state index is 12.5. The molecule has 0 aliphatic rings. The van der Waals surface area contributed by atoms with Crippen LogP contribution in [0, 0.1) is 0 Å². The second-order valence-corrected chi connectivity index (χ2v) is 7.62. The lowest BCUT2D eigenvalue weighted by atomic mass is 10.2. The van der Waals surface area contributed by atoms with Crippen molar-refractivity contribution < 1.29 is 14.3 Å². The molecule has 0 saturated heterocycles. The quantitative estimate of drug-likeness (QED) is 0.148. The van der Waals surface area contributed by atoms with Crippen molar-refractivity contribution in [3.8, 4) is 22.8 Å². The molecule has 0 fully saturated rings. The number of nitrogens with one attached hydrogen (secondary N) is 1. The Morgan fingerprint density at radius 2 is 1.58 bits per heavy atom. The van der Waals surface area contributed by atoms with Crippen LogP contribution in [-0.4, -0.2) is 40.0 Å². The van der Waals surface area contributed by atoms with Gasteiger partial charge in [0.15, 0.2) is 5.82 Å². The monoisotopic (exact) mass is 459 g/mol. The highest BCUT2D eigenvalue weighted by Gasteiger charge is 2.22. The Hall–Kier alpha value is -4.11. The Bertz CT molecular complexity index is 1260. The second kappa shape index (κ2) is 10.5. The molecule has 4 aromatic rings. The lowest BCUT2D eigenvalue weighted by Crippen LogP contribution is -2.15. The predicted molar refractivity (Wildman–Crippen MR) is 129 cm³/mol. The molecule has 0 aliphatic heterocycles. The molecule has 0 aliphatic carbocycles. The van der Waals surface area contributed by atoms with Gasteiger partial charge in [-0.25, -0.2) is 4.79 Å². The fraction of sp³-hybridized carbons (Fsp3) is 0.0833. The van der Waals surface area contributed by atoms with Crippen LogP contribution in [0.15, 0.2) is 95.2 Å². The fourth-order valence-electron chi connectivity index (χ4n) is 3.05. The van der Waals surface area contributed by atoms with Crippen molar-refractivity contribution in [2.75, 3.05) is 19.6 Å². The van der Waals surface area contributed by atoms with E-state index in [0.29, 0.717) is 22.4 Å². The van der Waals surface area contributed by atoms with Gasteiger partial charge in [-0.3, -0.25) is 9.99 Å². The van der Waals surface area contributed by atoms with E-state index in [1.165, 1.54) is 7.11 Å². The highest BCUT2D eigenvalue weighted by Crippen LogP contribution is 2.29. The standard InChI is InChI=1S/C24H21N5O3S/c1-31-20-16-10-9-15-19(20)25-27-22(23(30)32-2)33-24-28-26-21(17-11-5-3-6-12-17)29(24)18-13-7-4-8-14-18/h3-16,25H,1-2H3/b27-22+. The molecular formula is C24H21N5O3S. The first kappa shape index (κ1) is 22.1. The number of nitrogens with zero attached hydrogens (tertiary/aromatic N) is 4. The van der Waals surface area contributed by atoms with Gasteiger partial charge >= 0.3 is 5.97 Å². The number of carbonyl (C=O) groups is 1. The van der Waals surface area contributed by atoms with Crippen LogP contribution in [0.4, 0.5) is 5.69 Å². The maximum Gasteiger partial charge on any atom is 0.365 e. The number of ether oxygens (including phenoxy) is 2. The Kier molecular flexibility index (Phi) is 7.01. The molecule has 4 rings (SSSR count). The van der Waals surface area contributed by atoms with Gasteiger partial charge < -0.3 is 9.47 Å². The topological polar surface area (TPSA) is 90.6 Å².